The van der Waals surface area contributed by atoms with Crippen LogP contribution in [0.1, 0.15) is 6.42 Å². The van der Waals surface area contributed by atoms with Crippen molar-refractivity contribution in [3.63, 3.8) is 0 Å². The summed E-state index contributed by atoms with van der Waals surface area (Å²) in [5.41, 5.74) is 3.47. The molecule has 0 saturated carbocycles. The van der Waals surface area contributed by atoms with Crippen molar-refractivity contribution < 1.29 is 9.63 Å². The second-order valence-corrected chi connectivity index (χ2v) is 4.07. The minimum Gasteiger partial charge on any atom is -0.356 e. The third-order valence-corrected chi connectivity index (χ3v) is 2.91. The van der Waals surface area contributed by atoms with E-state index in [2.05, 4.69) is 15.0 Å². The van der Waals surface area contributed by atoms with Crippen molar-refractivity contribution >= 4 is 29.1 Å². The van der Waals surface area contributed by atoms with Crippen molar-refractivity contribution in [1.82, 2.24) is 15.8 Å². The van der Waals surface area contributed by atoms with E-state index in [1.807, 2.05) is 5.59 Å². The number of carbonyl (C=O) groups is 1. The number of hydrazine groups is 1. The van der Waals surface area contributed by atoms with Crippen LogP contribution in [-0.2, 0) is 9.63 Å². The Bertz CT molecular complexity index is 253. The Morgan fingerprint density at radius 2 is 2.69 bits per heavy atom. The Labute approximate surface area is 82.8 Å². The number of thioether (sulfide) groups is 1. The zero-order valence-corrected chi connectivity index (χ0v) is 8.23. The van der Waals surface area contributed by atoms with Crippen LogP contribution in [0.25, 0.3) is 0 Å². The lowest BCUT2D eigenvalue weighted by Gasteiger charge is -1.98. The van der Waals surface area contributed by atoms with E-state index in [4.69, 9.17) is 5.84 Å². The molecule has 0 amide bonds. The van der Waals surface area contributed by atoms with Crippen LogP contribution in [0.15, 0.2) is 9.85 Å². The molecular weight excluding hydrogens is 212 g/mol. The number of nitrogens with two attached hydrogens (primary N) is 1. The Morgan fingerprint density at radius 1 is 1.85 bits per heavy atom. The number of hydrogen-bond donors (Lipinski definition) is 2. The Balaban J connectivity index is 2.11. The number of aromatic nitrogens is 2. The summed E-state index contributed by atoms with van der Waals surface area (Å²) < 4.78 is 0.841. The Morgan fingerprint density at radius 3 is 3.31 bits per heavy atom. The second-order valence-electron chi connectivity index (χ2n) is 1.90. The van der Waals surface area contributed by atoms with Gasteiger partial charge in [0, 0.05) is 5.75 Å². The molecule has 3 N–H and O–H groups in total. The highest BCUT2D eigenvalue weighted by Gasteiger charge is 2.03. The van der Waals surface area contributed by atoms with E-state index in [-0.39, 0.29) is 12.4 Å². The smallest absolute Gasteiger partial charge is 0.327 e. The van der Waals surface area contributed by atoms with Gasteiger partial charge >= 0.3 is 5.97 Å². The van der Waals surface area contributed by atoms with Gasteiger partial charge in [-0.2, -0.15) is 0 Å². The van der Waals surface area contributed by atoms with Crippen LogP contribution in [0, 0.1) is 0 Å². The molecule has 0 aromatic carbocycles. The normalized spacial score (nSPS) is 9.92. The largest absolute Gasteiger partial charge is 0.356 e. The lowest BCUT2D eigenvalue weighted by atomic mass is 10.5. The van der Waals surface area contributed by atoms with Gasteiger partial charge in [0.2, 0.25) is 0 Å². The van der Waals surface area contributed by atoms with Gasteiger partial charge in [-0.25, -0.2) is 5.84 Å². The zero-order valence-electron chi connectivity index (χ0n) is 6.60. The standard InChI is InChI=1S/C5H8N4O2S2/c6-9-11-4(10)1-2-12-5-8-7-3-13-5/h3,9H,1-2,6H2. The molecule has 6 nitrogen and oxygen atoms in total. The average molecular weight is 220 g/mol. The molecule has 0 bridgehead atoms. The highest BCUT2D eigenvalue weighted by molar-refractivity contribution is 8.01. The second kappa shape index (κ2) is 5.86. The highest BCUT2D eigenvalue weighted by Crippen LogP contribution is 2.19. The first-order valence-electron chi connectivity index (χ1n) is 3.37. The fourth-order valence-corrected chi connectivity index (χ4v) is 2.04. The highest BCUT2D eigenvalue weighted by atomic mass is 32.2. The van der Waals surface area contributed by atoms with E-state index in [0.29, 0.717) is 5.75 Å². The van der Waals surface area contributed by atoms with Crippen LogP contribution in [0.5, 0.6) is 0 Å². The molecule has 72 valence electrons. The maximum atomic E-state index is 10.8. The number of hydrogen-bond acceptors (Lipinski definition) is 8. The molecule has 1 heterocycles. The van der Waals surface area contributed by atoms with E-state index < -0.39 is 0 Å². The predicted molar refractivity (Wildman–Crippen MR) is 48.7 cm³/mol. The molecule has 1 aromatic rings. The summed E-state index contributed by atoms with van der Waals surface area (Å²) in [5, 5.41) is 7.45. The molecule has 0 spiro atoms. The third-order valence-electron chi connectivity index (χ3n) is 1.04. The molecule has 0 aliphatic carbocycles. The minimum atomic E-state index is -0.389. The molecule has 1 aromatic heterocycles. The van der Waals surface area contributed by atoms with Crippen LogP contribution in [0.3, 0.4) is 0 Å². The summed E-state index contributed by atoms with van der Waals surface area (Å²) in [5.74, 6) is 4.99. The van der Waals surface area contributed by atoms with Crippen molar-refractivity contribution in [2.45, 2.75) is 10.8 Å². The molecule has 1 rings (SSSR count). The van der Waals surface area contributed by atoms with Crippen molar-refractivity contribution in [2.24, 2.45) is 5.84 Å². The zero-order chi connectivity index (χ0) is 9.52. The van der Waals surface area contributed by atoms with Crippen molar-refractivity contribution in [2.75, 3.05) is 5.75 Å². The molecule has 0 aliphatic rings. The van der Waals surface area contributed by atoms with Crippen LogP contribution < -0.4 is 11.4 Å². The molecule has 0 unspecified atom stereocenters. The summed E-state index contributed by atoms with van der Waals surface area (Å²) in [7, 11) is 0. The van der Waals surface area contributed by atoms with Gasteiger partial charge in [-0.05, 0) is 0 Å². The van der Waals surface area contributed by atoms with Gasteiger partial charge in [-0.15, -0.1) is 10.2 Å². The first-order valence-corrected chi connectivity index (χ1v) is 5.23. The van der Waals surface area contributed by atoms with Gasteiger partial charge in [0.05, 0.1) is 6.42 Å². The van der Waals surface area contributed by atoms with Crippen molar-refractivity contribution in [1.29, 1.82) is 0 Å². The molecule has 13 heavy (non-hydrogen) atoms. The first-order chi connectivity index (χ1) is 6.33. The molecule has 0 aliphatic heterocycles. The lowest BCUT2D eigenvalue weighted by molar-refractivity contribution is -0.150. The maximum Gasteiger partial charge on any atom is 0.327 e. The molecule has 0 radical (unpaired) electrons. The monoisotopic (exact) mass is 220 g/mol. The van der Waals surface area contributed by atoms with Crippen molar-refractivity contribution in [3.05, 3.63) is 5.51 Å². The van der Waals surface area contributed by atoms with E-state index in [1.54, 1.807) is 5.51 Å². The summed E-state index contributed by atoms with van der Waals surface area (Å²) in [6.07, 6.45) is 0.286. The van der Waals surface area contributed by atoms with Gasteiger partial charge < -0.3 is 4.84 Å². The SMILES string of the molecule is NNOC(=O)CCSc1nncs1. The van der Waals surface area contributed by atoms with Gasteiger partial charge in [0.15, 0.2) is 4.34 Å². The topological polar surface area (TPSA) is 90.1 Å². The van der Waals surface area contributed by atoms with E-state index in [0.717, 1.165) is 4.34 Å². The van der Waals surface area contributed by atoms with Crippen LogP contribution >= 0.6 is 23.1 Å². The molecule has 0 atom stereocenters. The summed E-state index contributed by atoms with van der Waals surface area (Å²) in [4.78, 5) is 15.1. The molecular formula is C5H8N4O2S2. The fraction of sp³-hybridized carbons (Fsp3) is 0.400. The Hall–Kier alpha value is -0.700. The van der Waals surface area contributed by atoms with Gasteiger partial charge in [0.1, 0.15) is 5.51 Å². The maximum absolute atomic E-state index is 10.8. The molecule has 8 heteroatoms. The number of rotatable bonds is 5. The third kappa shape index (κ3) is 4.18. The van der Waals surface area contributed by atoms with E-state index in [9.17, 15) is 4.79 Å². The van der Waals surface area contributed by atoms with Crippen LogP contribution in [-0.4, -0.2) is 21.9 Å². The first kappa shape index (κ1) is 10.4. The fourth-order valence-electron chi connectivity index (χ4n) is 0.564. The van der Waals surface area contributed by atoms with Crippen molar-refractivity contribution in [3.8, 4) is 0 Å². The number of nitrogens with zero attached hydrogens (tertiary/aromatic N) is 2. The summed E-state index contributed by atoms with van der Waals surface area (Å²) in [6, 6.07) is 0. The summed E-state index contributed by atoms with van der Waals surface area (Å²) >= 11 is 2.89. The number of carbonyl (C=O) groups excluding carboxylic acids is 1. The van der Waals surface area contributed by atoms with Gasteiger partial charge in [0.25, 0.3) is 0 Å². The predicted octanol–water partition coefficient (Wildman–Crippen LogP) is -0.0582. The lowest BCUT2D eigenvalue weighted by Crippen LogP contribution is -2.26. The van der Waals surface area contributed by atoms with Gasteiger partial charge in [-0.1, -0.05) is 28.7 Å². The number of nitrogens with one attached hydrogen (secondary N) is 1. The van der Waals surface area contributed by atoms with E-state index >= 15 is 0 Å². The quantitative estimate of drug-likeness (QED) is 0.408. The van der Waals surface area contributed by atoms with Crippen LogP contribution in [0.4, 0.5) is 0 Å². The van der Waals surface area contributed by atoms with E-state index in [1.165, 1.54) is 23.1 Å². The summed E-state index contributed by atoms with van der Waals surface area (Å²) in [6.45, 7) is 0. The van der Waals surface area contributed by atoms with Gasteiger partial charge in [-0.3, -0.25) is 4.79 Å². The molecule has 0 fully saturated rings. The minimum absolute atomic E-state index is 0.286. The Kier molecular flexibility index (Phi) is 4.68. The van der Waals surface area contributed by atoms with Crippen LogP contribution in [0.2, 0.25) is 0 Å². The average Bonchev–Trinajstić information content (AvgIpc) is 2.57. The molecule has 0 saturated heterocycles.